The number of aliphatic hydroxyl groups is 3. The van der Waals surface area contributed by atoms with E-state index in [0.717, 1.165) is 12.8 Å². The fourth-order valence-electron chi connectivity index (χ4n) is 4.55. The molecule has 0 radical (unpaired) electrons. The summed E-state index contributed by atoms with van der Waals surface area (Å²) in [5.74, 6) is -0.780. The predicted molar refractivity (Wildman–Crippen MR) is 152 cm³/mol. The van der Waals surface area contributed by atoms with Crippen LogP contribution in [-0.4, -0.2) is 103 Å². The Morgan fingerprint density at radius 1 is 1.14 bits per heavy atom. The normalized spacial score (nSPS) is 15.4. The van der Waals surface area contributed by atoms with Gasteiger partial charge in [-0.2, -0.15) is 4.98 Å². The number of hydrogen-bond donors (Lipinski definition) is 6. The molecule has 232 valence electrons. The second-order valence-corrected chi connectivity index (χ2v) is 10.2. The number of piperazine rings is 1. The van der Waals surface area contributed by atoms with E-state index in [9.17, 15) is 29.7 Å². The predicted octanol–water partition coefficient (Wildman–Crippen LogP) is -0.224. The molecule has 3 aromatic rings. The molecule has 1 saturated heterocycles. The van der Waals surface area contributed by atoms with E-state index in [1.165, 1.54) is 19.3 Å². The SMILES string of the molecule is C=CC(=O)N1CCN(Cc2noc(-c3cccc(Nc4cc(NC(=O)C5CC5)nnc4C(=O)NC(O)(O)O)c3OC)n2)CC1. The molecule has 6 N–H and O–H groups in total. The van der Waals surface area contributed by atoms with Crippen molar-refractivity contribution in [1.82, 2.24) is 35.5 Å². The molecule has 0 atom stereocenters. The van der Waals surface area contributed by atoms with Crippen LogP contribution < -0.4 is 20.7 Å². The van der Waals surface area contributed by atoms with Gasteiger partial charge in [-0.05, 0) is 31.1 Å². The van der Waals surface area contributed by atoms with Gasteiger partial charge in [0, 0.05) is 38.2 Å². The van der Waals surface area contributed by atoms with Crippen LogP contribution in [0.3, 0.4) is 0 Å². The summed E-state index contributed by atoms with van der Waals surface area (Å²) in [6.45, 7) is 6.31. The second kappa shape index (κ2) is 12.7. The number of nitrogens with zero attached hydrogens (tertiary/aromatic N) is 6. The maximum absolute atomic E-state index is 12.7. The van der Waals surface area contributed by atoms with Gasteiger partial charge in [-0.1, -0.05) is 17.8 Å². The highest BCUT2D eigenvalue weighted by atomic mass is 16.7. The summed E-state index contributed by atoms with van der Waals surface area (Å²) in [7, 11) is 1.42. The molecule has 1 aromatic carbocycles. The maximum Gasteiger partial charge on any atom is 0.369 e. The first-order valence-electron chi connectivity index (χ1n) is 13.6. The molecular formula is C27H31N9O8. The lowest BCUT2D eigenvalue weighted by molar-refractivity contribution is -0.323. The Bertz CT molecular complexity index is 1560. The minimum Gasteiger partial charge on any atom is -0.494 e. The molecule has 2 aromatic heterocycles. The van der Waals surface area contributed by atoms with E-state index in [0.29, 0.717) is 49.8 Å². The average Bonchev–Trinajstić information content (AvgIpc) is 3.75. The molecule has 0 unspecified atom stereocenters. The molecule has 3 amide bonds. The van der Waals surface area contributed by atoms with Crippen molar-refractivity contribution in [3.8, 4) is 17.2 Å². The molecule has 0 spiro atoms. The molecule has 44 heavy (non-hydrogen) atoms. The van der Waals surface area contributed by atoms with Gasteiger partial charge in [-0.25, -0.2) is 0 Å². The lowest BCUT2D eigenvalue weighted by atomic mass is 10.1. The summed E-state index contributed by atoms with van der Waals surface area (Å²) in [5.41, 5.74) is 0.299. The van der Waals surface area contributed by atoms with E-state index in [1.807, 2.05) is 0 Å². The summed E-state index contributed by atoms with van der Waals surface area (Å²) in [6, 6.07) is 6.32. The third-order valence-corrected chi connectivity index (χ3v) is 6.90. The number of ether oxygens (including phenoxy) is 1. The van der Waals surface area contributed by atoms with Gasteiger partial charge in [-0.3, -0.25) is 24.6 Å². The second-order valence-electron chi connectivity index (χ2n) is 10.2. The molecular weight excluding hydrogens is 578 g/mol. The number of anilines is 3. The topological polar surface area (TPSA) is 228 Å². The maximum atomic E-state index is 12.7. The van der Waals surface area contributed by atoms with Crippen LogP contribution in [0.2, 0.25) is 0 Å². The third-order valence-electron chi connectivity index (χ3n) is 6.90. The highest BCUT2D eigenvalue weighted by Gasteiger charge is 2.31. The van der Waals surface area contributed by atoms with Crippen LogP contribution in [0.4, 0.5) is 17.2 Å². The summed E-state index contributed by atoms with van der Waals surface area (Å²) >= 11 is 0. The summed E-state index contributed by atoms with van der Waals surface area (Å²) < 4.78 is 11.2. The molecule has 3 heterocycles. The molecule has 17 nitrogen and oxygen atoms in total. The fourth-order valence-corrected chi connectivity index (χ4v) is 4.55. The fraction of sp³-hybridized carbons (Fsp3) is 0.370. The number of hydrogen-bond acceptors (Lipinski definition) is 14. The van der Waals surface area contributed by atoms with Crippen molar-refractivity contribution in [2.75, 3.05) is 43.9 Å². The van der Waals surface area contributed by atoms with Gasteiger partial charge >= 0.3 is 6.10 Å². The molecule has 1 saturated carbocycles. The smallest absolute Gasteiger partial charge is 0.369 e. The van der Waals surface area contributed by atoms with Crippen LogP contribution in [0.1, 0.15) is 29.2 Å². The van der Waals surface area contributed by atoms with Gasteiger partial charge in [0.2, 0.25) is 11.8 Å². The number of aromatic nitrogens is 4. The molecule has 1 aliphatic heterocycles. The Balaban J connectivity index is 1.38. The Hall–Kier alpha value is -4.97. The Morgan fingerprint density at radius 3 is 2.55 bits per heavy atom. The van der Waals surface area contributed by atoms with Crippen LogP contribution in [-0.2, 0) is 16.1 Å². The van der Waals surface area contributed by atoms with Crippen molar-refractivity contribution in [3.63, 3.8) is 0 Å². The number of methoxy groups -OCH3 is 1. The Kier molecular flexibility index (Phi) is 8.81. The van der Waals surface area contributed by atoms with Crippen molar-refractivity contribution in [3.05, 3.63) is 48.4 Å². The van der Waals surface area contributed by atoms with Gasteiger partial charge < -0.3 is 40.1 Å². The van der Waals surface area contributed by atoms with Crippen LogP contribution in [0.5, 0.6) is 5.75 Å². The van der Waals surface area contributed by atoms with Gasteiger partial charge in [0.1, 0.15) is 0 Å². The van der Waals surface area contributed by atoms with Crippen LogP contribution in [0, 0.1) is 5.92 Å². The Labute approximate surface area is 250 Å². The lowest BCUT2D eigenvalue weighted by Crippen LogP contribution is -2.48. The summed E-state index contributed by atoms with van der Waals surface area (Å²) in [6.07, 6.45) is -0.705. The van der Waals surface area contributed by atoms with E-state index in [-0.39, 0.29) is 40.9 Å². The van der Waals surface area contributed by atoms with Crippen molar-refractivity contribution < 1.29 is 39.0 Å². The van der Waals surface area contributed by atoms with Crippen molar-refractivity contribution in [1.29, 1.82) is 0 Å². The zero-order valence-electron chi connectivity index (χ0n) is 23.7. The van der Waals surface area contributed by atoms with Crippen molar-refractivity contribution in [2.45, 2.75) is 25.5 Å². The van der Waals surface area contributed by atoms with Crippen molar-refractivity contribution >= 4 is 34.9 Å². The molecule has 1 aliphatic carbocycles. The van der Waals surface area contributed by atoms with Crippen LogP contribution in [0.15, 0.2) is 41.4 Å². The zero-order valence-corrected chi connectivity index (χ0v) is 23.7. The number of amides is 3. The van der Waals surface area contributed by atoms with Gasteiger partial charge in [0.05, 0.1) is 30.6 Å². The minimum atomic E-state index is -3.52. The summed E-state index contributed by atoms with van der Waals surface area (Å²) in [5, 5.41) is 46.7. The number of carbonyl (C=O) groups is 3. The van der Waals surface area contributed by atoms with Crippen LogP contribution >= 0.6 is 0 Å². The lowest BCUT2D eigenvalue weighted by Gasteiger charge is -2.33. The standard InChI is InChI=1S/C27H31N9O8/c1-3-21(37)36-11-9-35(10-12-36)14-20-30-26(44-34-20)16-5-4-6-17(23(16)43-2)28-18-13-19(29-24(38)15-7-8-15)32-33-22(18)25(39)31-27(40,41)42/h3-6,13,15,40-42H,1,7-12,14H2,2H3,(H,31,39)(H2,28,29,32,38). The number of para-hydroxylation sites is 1. The van der Waals surface area contributed by atoms with Gasteiger partial charge in [-0.15, -0.1) is 10.2 Å². The van der Waals surface area contributed by atoms with E-state index in [2.05, 4.69) is 42.5 Å². The molecule has 17 heteroatoms. The van der Waals surface area contributed by atoms with E-state index < -0.39 is 17.7 Å². The number of rotatable bonds is 11. The molecule has 5 rings (SSSR count). The van der Waals surface area contributed by atoms with E-state index in [4.69, 9.17) is 9.26 Å². The largest absolute Gasteiger partial charge is 0.494 e. The van der Waals surface area contributed by atoms with E-state index in [1.54, 1.807) is 28.4 Å². The van der Waals surface area contributed by atoms with Crippen LogP contribution in [0.25, 0.3) is 11.5 Å². The van der Waals surface area contributed by atoms with Gasteiger partial charge in [0.25, 0.3) is 11.8 Å². The number of nitrogens with one attached hydrogen (secondary N) is 3. The highest BCUT2D eigenvalue weighted by molar-refractivity contribution is 6.00. The number of carbonyl (C=O) groups excluding carboxylic acids is 3. The van der Waals surface area contributed by atoms with E-state index >= 15 is 0 Å². The number of benzene rings is 1. The first-order valence-corrected chi connectivity index (χ1v) is 13.6. The average molecular weight is 610 g/mol. The first kappa shape index (κ1) is 30.5. The minimum absolute atomic E-state index is 0.0106. The van der Waals surface area contributed by atoms with Crippen molar-refractivity contribution in [2.24, 2.45) is 5.92 Å². The molecule has 0 bridgehead atoms. The first-order chi connectivity index (χ1) is 21.0. The summed E-state index contributed by atoms with van der Waals surface area (Å²) in [4.78, 5) is 45.2. The monoisotopic (exact) mass is 609 g/mol. The van der Waals surface area contributed by atoms with Gasteiger partial charge in [0.15, 0.2) is 23.1 Å². The Morgan fingerprint density at radius 2 is 1.89 bits per heavy atom. The quantitative estimate of drug-likeness (QED) is 0.122. The molecule has 2 fully saturated rings. The zero-order chi connectivity index (χ0) is 31.4. The third kappa shape index (κ3) is 7.32. The highest BCUT2D eigenvalue weighted by Crippen LogP contribution is 2.38. The molecule has 2 aliphatic rings.